The third kappa shape index (κ3) is 6.68. The number of nitrogens with one attached hydrogen (secondary N) is 1. The van der Waals surface area contributed by atoms with Gasteiger partial charge in [-0.15, -0.1) is 5.10 Å². The first kappa shape index (κ1) is 17.6. The summed E-state index contributed by atoms with van der Waals surface area (Å²) in [5.74, 6) is 0.352. The Hall–Kier alpha value is -1.47. The number of carbonyl (C=O) groups excluding carboxylic acids is 1. The molecule has 0 aliphatic rings. The van der Waals surface area contributed by atoms with E-state index in [0.717, 1.165) is 6.42 Å². The van der Waals surface area contributed by atoms with E-state index in [1.54, 1.807) is 10.9 Å². The molecule has 7 nitrogen and oxygen atoms in total. The first-order valence-corrected chi connectivity index (χ1v) is 7.48. The van der Waals surface area contributed by atoms with Crippen LogP contribution in [0.3, 0.4) is 0 Å². The summed E-state index contributed by atoms with van der Waals surface area (Å²) in [7, 11) is 0. The highest BCUT2D eigenvalue weighted by atomic mass is 16.7. The second kappa shape index (κ2) is 9.46. The molecule has 1 N–H and O–H groups in total. The third-order valence-corrected chi connectivity index (χ3v) is 2.82. The van der Waals surface area contributed by atoms with Gasteiger partial charge in [0.15, 0.2) is 12.0 Å². The molecule has 1 aromatic heterocycles. The highest BCUT2D eigenvalue weighted by molar-refractivity contribution is 5.91. The van der Waals surface area contributed by atoms with Gasteiger partial charge in [0.05, 0.1) is 12.7 Å². The highest BCUT2D eigenvalue weighted by Crippen LogP contribution is 2.02. The average molecular weight is 298 g/mol. The monoisotopic (exact) mass is 298 g/mol. The van der Waals surface area contributed by atoms with Crippen LogP contribution in [0, 0.1) is 5.92 Å². The van der Waals surface area contributed by atoms with Crippen LogP contribution in [0.5, 0.6) is 0 Å². The molecule has 0 unspecified atom stereocenters. The largest absolute Gasteiger partial charge is 0.351 e. The summed E-state index contributed by atoms with van der Waals surface area (Å²) in [4.78, 5) is 11.9. The molecule has 1 rings (SSSR count). The van der Waals surface area contributed by atoms with Crippen molar-refractivity contribution < 1.29 is 14.3 Å². The molecule has 0 spiro atoms. The van der Waals surface area contributed by atoms with E-state index in [2.05, 4.69) is 29.5 Å². The SMILES string of the molecule is CCOC(Cn1cc(C(=O)NCCC(C)C)nn1)OCC. The summed E-state index contributed by atoms with van der Waals surface area (Å²) in [6.07, 6.45) is 2.17. The summed E-state index contributed by atoms with van der Waals surface area (Å²) in [6, 6.07) is 0. The van der Waals surface area contributed by atoms with Gasteiger partial charge in [-0.3, -0.25) is 4.79 Å². The van der Waals surface area contributed by atoms with Crippen LogP contribution < -0.4 is 5.32 Å². The lowest BCUT2D eigenvalue weighted by atomic mass is 10.1. The maximum absolute atomic E-state index is 11.9. The van der Waals surface area contributed by atoms with E-state index in [-0.39, 0.29) is 12.2 Å². The van der Waals surface area contributed by atoms with Crippen molar-refractivity contribution in [3.63, 3.8) is 0 Å². The van der Waals surface area contributed by atoms with Crippen molar-refractivity contribution >= 4 is 5.91 Å². The normalized spacial score (nSPS) is 11.3. The first-order valence-electron chi connectivity index (χ1n) is 7.48. The zero-order valence-corrected chi connectivity index (χ0v) is 13.3. The molecule has 0 saturated heterocycles. The molecule has 1 amide bonds. The lowest BCUT2D eigenvalue weighted by Crippen LogP contribution is -2.26. The van der Waals surface area contributed by atoms with E-state index in [0.29, 0.717) is 37.9 Å². The standard InChI is InChI=1S/C14H26N4O3/c1-5-20-13(21-6-2)10-18-9-12(16-17-18)14(19)15-8-7-11(3)4/h9,11,13H,5-8,10H2,1-4H3,(H,15,19). The van der Waals surface area contributed by atoms with Gasteiger partial charge in [0.1, 0.15) is 0 Å². The van der Waals surface area contributed by atoms with Gasteiger partial charge in [-0.05, 0) is 26.2 Å². The summed E-state index contributed by atoms with van der Waals surface area (Å²) in [6.45, 7) is 10.2. The second-order valence-electron chi connectivity index (χ2n) is 5.10. The van der Waals surface area contributed by atoms with Crippen LogP contribution in [0.4, 0.5) is 0 Å². The predicted octanol–water partition coefficient (Wildman–Crippen LogP) is 1.45. The molecule has 0 aliphatic heterocycles. The Bertz CT molecular complexity index is 414. The van der Waals surface area contributed by atoms with Gasteiger partial charge in [0, 0.05) is 19.8 Å². The highest BCUT2D eigenvalue weighted by Gasteiger charge is 2.14. The van der Waals surface area contributed by atoms with E-state index in [1.165, 1.54) is 0 Å². The maximum Gasteiger partial charge on any atom is 0.273 e. The Morgan fingerprint density at radius 1 is 1.33 bits per heavy atom. The summed E-state index contributed by atoms with van der Waals surface area (Å²) in [5.41, 5.74) is 0.311. The van der Waals surface area contributed by atoms with Crippen LogP contribution in [0.15, 0.2) is 6.20 Å². The second-order valence-corrected chi connectivity index (χ2v) is 5.10. The van der Waals surface area contributed by atoms with Crippen LogP contribution in [0.2, 0.25) is 0 Å². The first-order chi connectivity index (χ1) is 10.1. The van der Waals surface area contributed by atoms with Crippen LogP contribution >= 0.6 is 0 Å². The van der Waals surface area contributed by atoms with Crippen molar-refractivity contribution in [1.82, 2.24) is 20.3 Å². The van der Waals surface area contributed by atoms with E-state index >= 15 is 0 Å². The maximum atomic E-state index is 11.9. The fourth-order valence-corrected chi connectivity index (χ4v) is 1.73. The van der Waals surface area contributed by atoms with Crippen molar-refractivity contribution in [2.45, 2.75) is 47.0 Å². The molecule has 0 fully saturated rings. The predicted molar refractivity (Wildman–Crippen MR) is 78.9 cm³/mol. The quantitative estimate of drug-likeness (QED) is 0.662. The number of rotatable bonds is 10. The van der Waals surface area contributed by atoms with Gasteiger partial charge in [0.2, 0.25) is 0 Å². The molecule has 0 saturated carbocycles. The van der Waals surface area contributed by atoms with Crippen molar-refractivity contribution in [3.05, 3.63) is 11.9 Å². The molecule has 7 heteroatoms. The summed E-state index contributed by atoms with van der Waals surface area (Å²) in [5, 5.41) is 10.6. The minimum atomic E-state index is -0.376. The average Bonchev–Trinajstić information content (AvgIpc) is 2.87. The summed E-state index contributed by atoms with van der Waals surface area (Å²) < 4.78 is 12.4. The van der Waals surface area contributed by atoms with Gasteiger partial charge >= 0.3 is 0 Å². The molecule has 0 bridgehead atoms. The van der Waals surface area contributed by atoms with E-state index in [9.17, 15) is 4.79 Å². The molecule has 0 aliphatic carbocycles. The smallest absolute Gasteiger partial charge is 0.273 e. The third-order valence-electron chi connectivity index (χ3n) is 2.82. The van der Waals surface area contributed by atoms with Crippen LogP contribution in [-0.2, 0) is 16.0 Å². The fraction of sp³-hybridized carbons (Fsp3) is 0.786. The van der Waals surface area contributed by atoms with Crippen LogP contribution in [-0.4, -0.2) is 46.9 Å². The van der Waals surface area contributed by atoms with Gasteiger partial charge in [-0.25, -0.2) is 4.68 Å². The van der Waals surface area contributed by atoms with Gasteiger partial charge in [-0.1, -0.05) is 19.1 Å². The number of amides is 1. The van der Waals surface area contributed by atoms with Gasteiger partial charge in [0.25, 0.3) is 5.91 Å². The minimum absolute atomic E-state index is 0.203. The molecule has 0 atom stereocenters. The molecular weight excluding hydrogens is 272 g/mol. The van der Waals surface area contributed by atoms with Crippen LogP contribution in [0.1, 0.15) is 44.6 Å². The molecule has 21 heavy (non-hydrogen) atoms. The zero-order valence-electron chi connectivity index (χ0n) is 13.3. The lowest BCUT2D eigenvalue weighted by Gasteiger charge is -2.16. The van der Waals surface area contributed by atoms with Gasteiger partial charge < -0.3 is 14.8 Å². The Kier molecular flexibility index (Phi) is 7.92. The van der Waals surface area contributed by atoms with Crippen molar-refractivity contribution in [3.8, 4) is 0 Å². The minimum Gasteiger partial charge on any atom is -0.351 e. The lowest BCUT2D eigenvalue weighted by molar-refractivity contribution is -0.145. The number of hydrogen-bond donors (Lipinski definition) is 1. The topological polar surface area (TPSA) is 78.3 Å². The molecular formula is C14H26N4O3. The molecule has 1 heterocycles. The van der Waals surface area contributed by atoms with E-state index in [1.807, 2.05) is 13.8 Å². The van der Waals surface area contributed by atoms with Crippen LogP contribution in [0.25, 0.3) is 0 Å². The molecule has 120 valence electrons. The fourth-order valence-electron chi connectivity index (χ4n) is 1.73. The summed E-state index contributed by atoms with van der Waals surface area (Å²) >= 11 is 0. The van der Waals surface area contributed by atoms with Crippen molar-refractivity contribution in [1.29, 1.82) is 0 Å². The number of hydrogen-bond acceptors (Lipinski definition) is 5. The Morgan fingerprint density at radius 3 is 2.57 bits per heavy atom. The molecule has 0 radical (unpaired) electrons. The van der Waals surface area contributed by atoms with Crippen molar-refractivity contribution in [2.24, 2.45) is 5.92 Å². The molecule has 1 aromatic rings. The number of carbonyl (C=O) groups is 1. The Balaban J connectivity index is 2.49. The van der Waals surface area contributed by atoms with Crippen molar-refractivity contribution in [2.75, 3.05) is 19.8 Å². The number of nitrogens with zero attached hydrogens (tertiary/aromatic N) is 3. The van der Waals surface area contributed by atoms with E-state index in [4.69, 9.17) is 9.47 Å². The Labute approximate surface area is 126 Å². The molecule has 0 aromatic carbocycles. The van der Waals surface area contributed by atoms with E-state index < -0.39 is 0 Å². The Morgan fingerprint density at radius 2 is 2.00 bits per heavy atom. The zero-order chi connectivity index (χ0) is 15.7. The number of ether oxygens (including phenoxy) is 2. The number of aromatic nitrogens is 3. The van der Waals surface area contributed by atoms with Gasteiger partial charge in [-0.2, -0.15) is 0 Å².